The highest BCUT2D eigenvalue weighted by molar-refractivity contribution is 7.87. The van der Waals surface area contributed by atoms with Crippen molar-refractivity contribution in [1.29, 1.82) is 0 Å². The number of aromatic nitrogens is 2. The zero-order valence-corrected chi connectivity index (χ0v) is 14.3. The van der Waals surface area contributed by atoms with Crippen LogP contribution in [0.2, 0.25) is 0 Å². The molecule has 0 spiro atoms. The van der Waals surface area contributed by atoms with Crippen molar-refractivity contribution in [2.24, 2.45) is 0 Å². The standard InChI is InChI=1S/C16H15N3O5S/c1-10(20)17-11-3-6-13(7-4-11)25(21,22)24-16-14-9-12(23-2)5-8-15(14)18-19-16/h3-9H,1-2H3,(H,17,20)(H,18,19). The number of rotatable bonds is 5. The Morgan fingerprint density at radius 3 is 2.52 bits per heavy atom. The van der Waals surface area contributed by atoms with Crippen molar-refractivity contribution < 1.29 is 22.1 Å². The summed E-state index contributed by atoms with van der Waals surface area (Å²) in [5.41, 5.74) is 1.11. The third-order valence-corrected chi connectivity index (χ3v) is 4.61. The molecule has 3 aromatic rings. The lowest BCUT2D eigenvalue weighted by Crippen LogP contribution is -2.11. The van der Waals surface area contributed by atoms with E-state index in [9.17, 15) is 13.2 Å². The van der Waals surface area contributed by atoms with Crippen LogP contribution in [0, 0.1) is 0 Å². The monoisotopic (exact) mass is 361 g/mol. The van der Waals surface area contributed by atoms with Crippen molar-refractivity contribution in [2.45, 2.75) is 11.8 Å². The van der Waals surface area contributed by atoms with Crippen LogP contribution >= 0.6 is 0 Å². The Hall–Kier alpha value is -3.07. The van der Waals surface area contributed by atoms with E-state index in [-0.39, 0.29) is 16.7 Å². The van der Waals surface area contributed by atoms with Crippen LogP contribution in [0.1, 0.15) is 6.92 Å². The van der Waals surface area contributed by atoms with Gasteiger partial charge < -0.3 is 14.2 Å². The van der Waals surface area contributed by atoms with Crippen molar-refractivity contribution in [1.82, 2.24) is 10.2 Å². The van der Waals surface area contributed by atoms with Crippen LogP contribution in [0.25, 0.3) is 10.9 Å². The molecule has 2 N–H and O–H groups in total. The van der Waals surface area contributed by atoms with Gasteiger partial charge in [0.15, 0.2) is 0 Å². The molecule has 0 bridgehead atoms. The Morgan fingerprint density at radius 1 is 1.16 bits per heavy atom. The highest BCUT2D eigenvalue weighted by Crippen LogP contribution is 2.29. The Balaban J connectivity index is 1.90. The zero-order chi connectivity index (χ0) is 18.0. The van der Waals surface area contributed by atoms with Gasteiger partial charge in [-0.1, -0.05) is 0 Å². The Morgan fingerprint density at radius 2 is 1.88 bits per heavy atom. The van der Waals surface area contributed by atoms with Gasteiger partial charge in [0.1, 0.15) is 10.6 Å². The molecule has 25 heavy (non-hydrogen) atoms. The normalized spacial score (nSPS) is 11.3. The smallest absolute Gasteiger partial charge is 0.340 e. The van der Waals surface area contributed by atoms with Gasteiger partial charge >= 0.3 is 10.1 Å². The van der Waals surface area contributed by atoms with E-state index in [4.69, 9.17) is 8.92 Å². The first-order chi connectivity index (χ1) is 11.9. The van der Waals surface area contributed by atoms with Crippen molar-refractivity contribution in [3.63, 3.8) is 0 Å². The quantitative estimate of drug-likeness (QED) is 0.675. The molecule has 9 heteroatoms. The Kier molecular flexibility index (Phi) is 4.32. The van der Waals surface area contributed by atoms with E-state index in [1.807, 2.05) is 0 Å². The summed E-state index contributed by atoms with van der Waals surface area (Å²) in [6.45, 7) is 1.37. The van der Waals surface area contributed by atoms with E-state index in [1.54, 1.807) is 18.2 Å². The maximum absolute atomic E-state index is 12.4. The lowest BCUT2D eigenvalue weighted by atomic mass is 10.2. The Bertz CT molecular complexity index is 1030. The second-order valence-corrected chi connectivity index (χ2v) is 6.73. The molecule has 0 fully saturated rings. The fourth-order valence-corrected chi connectivity index (χ4v) is 3.12. The van der Waals surface area contributed by atoms with Gasteiger partial charge in [-0.05, 0) is 42.5 Å². The van der Waals surface area contributed by atoms with E-state index >= 15 is 0 Å². The van der Waals surface area contributed by atoms with E-state index in [0.29, 0.717) is 22.3 Å². The molecule has 0 saturated carbocycles. The predicted octanol–water partition coefficient (Wildman–Crippen LogP) is 2.30. The molecule has 1 heterocycles. The van der Waals surface area contributed by atoms with E-state index in [1.165, 1.54) is 38.3 Å². The number of ether oxygens (including phenoxy) is 1. The number of H-pyrrole nitrogens is 1. The fourth-order valence-electron chi connectivity index (χ4n) is 2.22. The predicted molar refractivity (Wildman–Crippen MR) is 91.2 cm³/mol. The van der Waals surface area contributed by atoms with Crippen LogP contribution in [-0.4, -0.2) is 31.6 Å². The molecule has 0 atom stereocenters. The van der Waals surface area contributed by atoms with Gasteiger partial charge in [-0.15, -0.1) is 5.10 Å². The van der Waals surface area contributed by atoms with Crippen LogP contribution in [0.15, 0.2) is 47.4 Å². The molecule has 3 rings (SSSR count). The van der Waals surface area contributed by atoms with Gasteiger partial charge in [0, 0.05) is 12.6 Å². The second kappa shape index (κ2) is 6.44. The van der Waals surface area contributed by atoms with E-state index in [2.05, 4.69) is 15.5 Å². The van der Waals surface area contributed by atoms with Crippen LogP contribution in [0.4, 0.5) is 5.69 Å². The maximum Gasteiger partial charge on any atom is 0.340 e. The summed E-state index contributed by atoms with van der Waals surface area (Å²) in [6, 6.07) is 10.7. The van der Waals surface area contributed by atoms with Crippen molar-refractivity contribution in [3.8, 4) is 11.6 Å². The molecule has 0 aliphatic carbocycles. The first-order valence-corrected chi connectivity index (χ1v) is 8.64. The number of nitrogens with zero attached hydrogens (tertiary/aromatic N) is 1. The van der Waals surface area contributed by atoms with Gasteiger partial charge in [-0.2, -0.15) is 8.42 Å². The Labute approximate surface area is 143 Å². The summed E-state index contributed by atoms with van der Waals surface area (Å²) in [5, 5.41) is 9.65. The number of carbonyl (C=O) groups is 1. The lowest BCUT2D eigenvalue weighted by Gasteiger charge is -2.07. The maximum atomic E-state index is 12.4. The van der Waals surface area contributed by atoms with Crippen molar-refractivity contribution in [2.75, 3.05) is 12.4 Å². The number of benzene rings is 2. The molecule has 0 saturated heterocycles. The summed E-state index contributed by atoms with van der Waals surface area (Å²) < 4.78 is 35.1. The third kappa shape index (κ3) is 3.56. The zero-order valence-electron chi connectivity index (χ0n) is 13.4. The molecule has 0 aliphatic heterocycles. The molecule has 0 unspecified atom stereocenters. The third-order valence-electron chi connectivity index (χ3n) is 3.39. The van der Waals surface area contributed by atoms with Gasteiger partial charge in [0.25, 0.3) is 5.88 Å². The summed E-state index contributed by atoms with van der Waals surface area (Å²) in [6.07, 6.45) is 0. The number of hydrogen-bond donors (Lipinski definition) is 2. The lowest BCUT2D eigenvalue weighted by molar-refractivity contribution is -0.114. The molecular weight excluding hydrogens is 346 g/mol. The van der Waals surface area contributed by atoms with Gasteiger partial charge in [0.05, 0.1) is 18.0 Å². The topological polar surface area (TPSA) is 110 Å². The summed E-state index contributed by atoms with van der Waals surface area (Å²) in [7, 11) is -2.57. The number of amides is 1. The van der Waals surface area contributed by atoms with Gasteiger partial charge in [0.2, 0.25) is 5.91 Å². The SMILES string of the molecule is COc1ccc2[nH]nc(OS(=O)(=O)c3ccc(NC(C)=O)cc3)c2c1. The fraction of sp³-hybridized carbons (Fsp3) is 0.125. The number of nitrogens with one attached hydrogen (secondary N) is 2. The molecule has 8 nitrogen and oxygen atoms in total. The van der Waals surface area contributed by atoms with Crippen LogP contribution in [0.3, 0.4) is 0 Å². The van der Waals surface area contributed by atoms with Crippen LogP contribution in [-0.2, 0) is 14.9 Å². The summed E-state index contributed by atoms with van der Waals surface area (Å²) in [4.78, 5) is 11.0. The van der Waals surface area contributed by atoms with Crippen LogP contribution < -0.4 is 14.2 Å². The summed E-state index contributed by atoms with van der Waals surface area (Å²) in [5.74, 6) is 0.236. The largest absolute Gasteiger partial charge is 0.497 e. The second-order valence-electron chi connectivity index (χ2n) is 5.18. The molecular formula is C16H15N3O5S. The number of fused-ring (bicyclic) bond motifs is 1. The highest BCUT2D eigenvalue weighted by Gasteiger charge is 2.20. The first kappa shape index (κ1) is 16.8. The minimum Gasteiger partial charge on any atom is -0.497 e. The number of aromatic amines is 1. The van der Waals surface area contributed by atoms with E-state index in [0.717, 1.165) is 0 Å². The summed E-state index contributed by atoms with van der Waals surface area (Å²) >= 11 is 0. The van der Waals surface area contributed by atoms with Gasteiger partial charge in [-0.25, -0.2) is 0 Å². The number of hydrogen-bond acceptors (Lipinski definition) is 6. The number of anilines is 1. The van der Waals surface area contributed by atoms with E-state index < -0.39 is 10.1 Å². The van der Waals surface area contributed by atoms with Crippen molar-refractivity contribution >= 4 is 32.6 Å². The van der Waals surface area contributed by atoms with Crippen LogP contribution in [0.5, 0.6) is 11.6 Å². The molecule has 1 amide bonds. The first-order valence-electron chi connectivity index (χ1n) is 7.23. The van der Waals surface area contributed by atoms with Gasteiger partial charge in [-0.3, -0.25) is 9.89 Å². The number of carbonyl (C=O) groups excluding carboxylic acids is 1. The van der Waals surface area contributed by atoms with Crippen molar-refractivity contribution in [3.05, 3.63) is 42.5 Å². The number of methoxy groups -OCH3 is 1. The molecule has 130 valence electrons. The average Bonchev–Trinajstić information content (AvgIpc) is 2.96. The molecule has 2 aromatic carbocycles. The average molecular weight is 361 g/mol. The molecule has 0 aliphatic rings. The molecule has 1 aromatic heterocycles. The minimum atomic E-state index is -4.08. The molecule has 0 radical (unpaired) electrons. The minimum absolute atomic E-state index is 0.0550. The highest BCUT2D eigenvalue weighted by atomic mass is 32.2.